The summed E-state index contributed by atoms with van der Waals surface area (Å²) in [4.78, 5) is 30.5. The SMILES string of the molecule is CN[C@@H](C)C(=O)Nc1cnc(-c2ccccc2C)n(Cc2cc(F)cc(Oc3ccc(F)cc3)c2)c1=O. The van der Waals surface area contributed by atoms with E-state index in [0.29, 0.717) is 17.1 Å². The first-order chi connectivity index (χ1) is 17.7. The molecular formula is C28H26F2N4O3. The second-order valence-corrected chi connectivity index (χ2v) is 8.55. The average molecular weight is 505 g/mol. The molecule has 0 bridgehead atoms. The topological polar surface area (TPSA) is 85.2 Å². The lowest BCUT2D eigenvalue weighted by molar-refractivity contribution is -0.117. The molecule has 0 aliphatic heterocycles. The molecule has 1 heterocycles. The van der Waals surface area contributed by atoms with Gasteiger partial charge in [0.1, 0.15) is 34.6 Å². The van der Waals surface area contributed by atoms with Gasteiger partial charge in [0.25, 0.3) is 5.56 Å². The summed E-state index contributed by atoms with van der Waals surface area (Å²) in [5, 5.41) is 5.44. The Bertz CT molecular complexity index is 1490. The van der Waals surface area contributed by atoms with Crippen LogP contribution < -0.4 is 20.9 Å². The molecule has 0 spiro atoms. The Morgan fingerprint density at radius 2 is 1.76 bits per heavy atom. The first kappa shape index (κ1) is 25.7. The Hall–Kier alpha value is -4.37. The molecule has 4 rings (SSSR count). The van der Waals surface area contributed by atoms with Gasteiger partial charge in [0, 0.05) is 11.6 Å². The third-order valence-corrected chi connectivity index (χ3v) is 5.84. The Kier molecular flexibility index (Phi) is 7.74. The van der Waals surface area contributed by atoms with Crippen molar-refractivity contribution in [1.29, 1.82) is 0 Å². The molecule has 0 unspecified atom stereocenters. The van der Waals surface area contributed by atoms with Crippen LogP contribution in [0.3, 0.4) is 0 Å². The number of likely N-dealkylation sites (N-methyl/N-ethyl adjacent to an activating group) is 1. The second-order valence-electron chi connectivity index (χ2n) is 8.55. The Balaban J connectivity index is 1.76. The van der Waals surface area contributed by atoms with Gasteiger partial charge in [-0.25, -0.2) is 13.8 Å². The Morgan fingerprint density at radius 3 is 2.46 bits per heavy atom. The summed E-state index contributed by atoms with van der Waals surface area (Å²) in [6.07, 6.45) is 1.33. The zero-order chi connectivity index (χ0) is 26.5. The lowest BCUT2D eigenvalue weighted by atomic mass is 10.1. The lowest BCUT2D eigenvalue weighted by Gasteiger charge is -2.17. The number of amides is 1. The van der Waals surface area contributed by atoms with E-state index in [4.69, 9.17) is 4.74 Å². The van der Waals surface area contributed by atoms with E-state index in [1.165, 1.54) is 47.2 Å². The predicted octanol–water partition coefficient (Wildman–Crippen LogP) is 4.88. The molecule has 0 radical (unpaired) electrons. The lowest BCUT2D eigenvalue weighted by Crippen LogP contribution is -2.38. The molecule has 1 amide bonds. The van der Waals surface area contributed by atoms with Gasteiger partial charge in [-0.2, -0.15) is 0 Å². The van der Waals surface area contributed by atoms with Crippen LogP contribution in [0.15, 0.2) is 77.7 Å². The number of nitrogens with zero attached hydrogens (tertiary/aromatic N) is 2. The van der Waals surface area contributed by atoms with E-state index in [1.807, 2.05) is 31.2 Å². The van der Waals surface area contributed by atoms with Gasteiger partial charge in [0.15, 0.2) is 0 Å². The fourth-order valence-corrected chi connectivity index (χ4v) is 3.73. The molecule has 1 aromatic heterocycles. The highest BCUT2D eigenvalue weighted by molar-refractivity contribution is 5.94. The van der Waals surface area contributed by atoms with Gasteiger partial charge >= 0.3 is 0 Å². The molecule has 7 nitrogen and oxygen atoms in total. The third-order valence-electron chi connectivity index (χ3n) is 5.84. The largest absolute Gasteiger partial charge is 0.457 e. The zero-order valence-electron chi connectivity index (χ0n) is 20.6. The van der Waals surface area contributed by atoms with Gasteiger partial charge in [0.2, 0.25) is 5.91 Å². The predicted molar refractivity (Wildman–Crippen MR) is 138 cm³/mol. The number of anilines is 1. The number of hydrogen-bond acceptors (Lipinski definition) is 5. The van der Waals surface area contributed by atoms with Gasteiger partial charge in [-0.3, -0.25) is 14.2 Å². The molecule has 0 aliphatic rings. The van der Waals surface area contributed by atoms with Gasteiger partial charge in [0.05, 0.1) is 18.8 Å². The van der Waals surface area contributed by atoms with E-state index < -0.39 is 29.1 Å². The van der Waals surface area contributed by atoms with Crippen molar-refractivity contribution < 1.29 is 18.3 Å². The maximum Gasteiger partial charge on any atom is 0.277 e. The maximum absolute atomic E-state index is 14.6. The number of rotatable bonds is 8. The normalized spacial score (nSPS) is 11.7. The standard InChI is InChI=1S/C28H26F2N4O3/c1-17-6-4-5-7-24(17)26-32-15-25(33-27(35)18(2)31-3)28(36)34(26)16-19-12-21(30)14-23(13-19)37-22-10-8-20(29)9-11-22/h4-15,18,31H,16H2,1-3H3,(H,33,35)/t18-/m0/s1. The molecule has 37 heavy (non-hydrogen) atoms. The van der Waals surface area contributed by atoms with Crippen molar-refractivity contribution in [1.82, 2.24) is 14.9 Å². The number of nitrogens with one attached hydrogen (secondary N) is 2. The van der Waals surface area contributed by atoms with E-state index in [0.717, 1.165) is 11.1 Å². The molecule has 0 saturated heterocycles. The summed E-state index contributed by atoms with van der Waals surface area (Å²) in [6.45, 7) is 3.52. The molecule has 3 aromatic carbocycles. The smallest absolute Gasteiger partial charge is 0.277 e. The summed E-state index contributed by atoms with van der Waals surface area (Å²) < 4.78 is 34.9. The number of aromatic nitrogens is 2. The Morgan fingerprint density at radius 1 is 1.03 bits per heavy atom. The molecular weight excluding hydrogens is 478 g/mol. The Labute approximate surface area is 212 Å². The van der Waals surface area contributed by atoms with Crippen molar-refractivity contribution in [3.8, 4) is 22.9 Å². The summed E-state index contributed by atoms with van der Waals surface area (Å²) in [6, 6.07) is 16.3. The summed E-state index contributed by atoms with van der Waals surface area (Å²) in [5.41, 5.74) is 1.56. The summed E-state index contributed by atoms with van der Waals surface area (Å²) >= 11 is 0. The zero-order valence-corrected chi connectivity index (χ0v) is 20.6. The van der Waals surface area contributed by atoms with Crippen molar-refractivity contribution in [2.75, 3.05) is 12.4 Å². The monoisotopic (exact) mass is 504 g/mol. The van der Waals surface area contributed by atoms with Crippen LogP contribution in [0.2, 0.25) is 0 Å². The quantitative estimate of drug-likeness (QED) is 0.357. The van der Waals surface area contributed by atoms with E-state index >= 15 is 0 Å². The van der Waals surface area contributed by atoms with Crippen LogP contribution in [0, 0.1) is 18.6 Å². The number of benzene rings is 3. The number of carbonyl (C=O) groups excluding carboxylic acids is 1. The molecule has 2 N–H and O–H groups in total. The van der Waals surface area contributed by atoms with Gasteiger partial charge in [-0.05, 0) is 68.4 Å². The van der Waals surface area contributed by atoms with Crippen molar-refractivity contribution in [3.05, 3.63) is 106 Å². The molecule has 0 aliphatic carbocycles. The van der Waals surface area contributed by atoms with E-state index in [-0.39, 0.29) is 18.0 Å². The highest BCUT2D eigenvalue weighted by Gasteiger charge is 2.18. The highest BCUT2D eigenvalue weighted by Crippen LogP contribution is 2.26. The van der Waals surface area contributed by atoms with E-state index in [1.54, 1.807) is 20.0 Å². The minimum Gasteiger partial charge on any atom is -0.457 e. The molecule has 0 fully saturated rings. The number of aryl methyl sites for hydroxylation is 1. The van der Waals surface area contributed by atoms with Crippen LogP contribution in [-0.4, -0.2) is 28.5 Å². The van der Waals surface area contributed by atoms with Crippen LogP contribution in [0.4, 0.5) is 14.5 Å². The first-order valence-electron chi connectivity index (χ1n) is 11.6. The summed E-state index contributed by atoms with van der Waals surface area (Å²) in [7, 11) is 1.64. The fraction of sp³-hybridized carbons (Fsp3) is 0.179. The summed E-state index contributed by atoms with van der Waals surface area (Å²) in [5.74, 6) is -0.488. The number of carbonyl (C=O) groups is 1. The van der Waals surface area contributed by atoms with Crippen molar-refractivity contribution in [3.63, 3.8) is 0 Å². The second kappa shape index (κ2) is 11.1. The van der Waals surface area contributed by atoms with Crippen LogP contribution in [0.25, 0.3) is 11.4 Å². The highest BCUT2D eigenvalue weighted by atomic mass is 19.1. The van der Waals surface area contributed by atoms with Gasteiger partial charge in [-0.1, -0.05) is 24.3 Å². The van der Waals surface area contributed by atoms with Gasteiger partial charge < -0.3 is 15.4 Å². The van der Waals surface area contributed by atoms with Crippen molar-refractivity contribution >= 4 is 11.6 Å². The van der Waals surface area contributed by atoms with Gasteiger partial charge in [-0.15, -0.1) is 0 Å². The third kappa shape index (κ3) is 6.07. The van der Waals surface area contributed by atoms with Crippen molar-refractivity contribution in [2.45, 2.75) is 26.4 Å². The molecule has 1 atom stereocenters. The minimum absolute atomic E-state index is 0.00335. The first-order valence-corrected chi connectivity index (χ1v) is 11.6. The van der Waals surface area contributed by atoms with Crippen LogP contribution >= 0.6 is 0 Å². The maximum atomic E-state index is 14.6. The molecule has 9 heteroatoms. The van der Waals surface area contributed by atoms with E-state index in [2.05, 4.69) is 15.6 Å². The number of ether oxygens (including phenoxy) is 1. The molecule has 190 valence electrons. The number of hydrogen-bond donors (Lipinski definition) is 2. The van der Waals surface area contributed by atoms with Crippen LogP contribution in [-0.2, 0) is 11.3 Å². The minimum atomic E-state index is -0.569. The average Bonchev–Trinajstić information content (AvgIpc) is 2.87. The molecule has 4 aromatic rings. The van der Waals surface area contributed by atoms with E-state index in [9.17, 15) is 18.4 Å². The van der Waals surface area contributed by atoms with Crippen LogP contribution in [0.1, 0.15) is 18.1 Å². The number of halogens is 2. The van der Waals surface area contributed by atoms with Crippen molar-refractivity contribution in [2.24, 2.45) is 0 Å². The molecule has 0 saturated carbocycles. The fourth-order valence-electron chi connectivity index (χ4n) is 3.73. The van der Waals surface area contributed by atoms with Crippen LogP contribution in [0.5, 0.6) is 11.5 Å².